The molecule has 0 heterocycles. The van der Waals surface area contributed by atoms with Gasteiger partial charge >= 0.3 is 0 Å². The predicted molar refractivity (Wildman–Crippen MR) is 124 cm³/mol. The maximum Gasteiger partial charge on any atom is 0.200 e. The summed E-state index contributed by atoms with van der Waals surface area (Å²) in [7, 11) is 0. The fourth-order valence-corrected chi connectivity index (χ4v) is 5.93. The molecular formula is C28H40F2O. The summed E-state index contributed by atoms with van der Waals surface area (Å²) in [6.07, 6.45) is 19.9. The third-order valence-corrected chi connectivity index (χ3v) is 7.82. The molecule has 0 N–H and O–H groups in total. The van der Waals surface area contributed by atoms with Crippen molar-refractivity contribution in [2.45, 2.75) is 109 Å². The topological polar surface area (TPSA) is 9.23 Å². The first kappa shape index (κ1) is 24.1. The van der Waals surface area contributed by atoms with E-state index in [1.54, 1.807) is 12.1 Å². The van der Waals surface area contributed by atoms with Crippen LogP contribution in [0.2, 0.25) is 0 Å². The van der Waals surface area contributed by atoms with Gasteiger partial charge in [0.05, 0.1) is 0 Å². The molecule has 1 atom stereocenters. The molecule has 2 aliphatic carbocycles. The van der Waals surface area contributed by atoms with E-state index >= 15 is 0 Å². The second-order valence-corrected chi connectivity index (χ2v) is 9.88. The van der Waals surface area contributed by atoms with Crippen molar-refractivity contribution in [2.24, 2.45) is 17.8 Å². The van der Waals surface area contributed by atoms with Crippen LogP contribution in [0.4, 0.5) is 8.78 Å². The fraction of sp³-hybridized carbons (Fsp3) is 0.714. The lowest BCUT2D eigenvalue weighted by Crippen LogP contribution is -2.25. The Bertz CT molecular complexity index is 721. The number of ether oxygens (including phenoxy) is 1. The highest BCUT2D eigenvalue weighted by Crippen LogP contribution is 2.45. The summed E-state index contributed by atoms with van der Waals surface area (Å²) in [5.74, 6) is 3.52. The second kappa shape index (κ2) is 11.9. The lowest BCUT2D eigenvalue weighted by molar-refractivity contribution is 0.155. The first-order valence-corrected chi connectivity index (χ1v) is 12.7. The van der Waals surface area contributed by atoms with Gasteiger partial charge in [0, 0.05) is 0 Å². The highest BCUT2D eigenvalue weighted by atomic mass is 19.2. The number of unbranched alkanes of at least 4 members (excludes halogenated alkanes) is 1. The normalized spacial score (nSPS) is 27.5. The average molecular weight is 431 g/mol. The van der Waals surface area contributed by atoms with Crippen molar-refractivity contribution in [1.82, 2.24) is 0 Å². The number of halogens is 2. The minimum atomic E-state index is -0.884. The van der Waals surface area contributed by atoms with Crippen LogP contribution in [0.1, 0.15) is 109 Å². The van der Waals surface area contributed by atoms with E-state index < -0.39 is 17.7 Å². The molecule has 1 unspecified atom stereocenters. The summed E-state index contributed by atoms with van der Waals surface area (Å²) < 4.78 is 35.2. The van der Waals surface area contributed by atoms with E-state index in [9.17, 15) is 8.78 Å². The zero-order valence-electron chi connectivity index (χ0n) is 19.5. The summed E-state index contributed by atoms with van der Waals surface area (Å²) in [6, 6.07) is 3.30. The van der Waals surface area contributed by atoms with E-state index in [-0.39, 0.29) is 11.7 Å². The number of hydrogen-bond acceptors (Lipinski definition) is 1. The van der Waals surface area contributed by atoms with Gasteiger partial charge < -0.3 is 4.74 Å². The van der Waals surface area contributed by atoms with Crippen LogP contribution in [0, 0.1) is 41.7 Å². The van der Waals surface area contributed by atoms with E-state index in [0.717, 1.165) is 56.3 Å². The monoisotopic (exact) mass is 430 g/mol. The Kier molecular flexibility index (Phi) is 9.24. The maximum atomic E-state index is 14.9. The Morgan fingerprint density at radius 1 is 0.935 bits per heavy atom. The summed E-state index contributed by atoms with van der Waals surface area (Å²) in [4.78, 5) is 0. The van der Waals surface area contributed by atoms with Crippen LogP contribution in [-0.4, -0.2) is 6.10 Å². The van der Waals surface area contributed by atoms with Crippen molar-refractivity contribution in [1.29, 1.82) is 0 Å². The lowest BCUT2D eigenvalue weighted by atomic mass is 9.68. The van der Waals surface area contributed by atoms with Gasteiger partial charge in [0.25, 0.3) is 0 Å². The van der Waals surface area contributed by atoms with Gasteiger partial charge in [0.1, 0.15) is 0 Å². The highest BCUT2D eigenvalue weighted by molar-refractivity contribution is 5.34. The first-order valence-electron chi connectivity index (χ1n) is 12.7. The third kappa shape index (κ3) is 6.24. The highest BCUT2D eigenvalue weighted by Gasteiger charge is 2.32. The number of benzene rings is 1. The van der Waals surface area contributed by atoms with E-state index in [2.05, 4.69) is 19.8 Å². The molecule has 0 amide bonds. The fourth-order valence-electron chi connectivity index (χ4n) is 5.93. The predicted octanol–water partition coefficient (Wildman–Crippen LogP) is 8.42. The van der Waals surface area contributed by atoms with Gasteiger partial charge in [-0.25, -0.2) is 4.39 Å². The minimum absolute atomic E-state index is 0.0576. The summed E-state index contributed by atoms with van der Waals surface area (Å²) >= 11 is 0. The minimum Gasteiger partial charge on any atom is -0.475 e. The SMILES string of the molecule is C#CC(CCCC)Oc1ccc(C2CCC(C3CCC(CCC)CC3)CC2)c(F)c1F. The molecule has 0 spiro atoms. The van der Waals surface area contributed by atoms with Crippen molar-refractivity contribution in [2.75, 3.05) is 0 Å². The molecule has 0 radical (unpaired) electrons. The Morgan fingerprint density at radius 2 is 1.58 bits per heavy atom. The third-order valence-electron chi connectivity index (χ3n) is 7.82. The van der Waals surface area contributed by atoms with Gasteiger partial charge in [0.2, 0.25) is 5.82 Å². The standard InChI is InChI=1S/C28H40F2O/c1-4-7-9-24(6-3)31-26-19-18-25(27(29)28(26)30)23-16-14-22(15-17-23)21-12-10-20(8-5-2)11-13-21/h3,18-24H,4-5,7-17H2,1-2H3. The van der Waals surface area contributed by atoms with Crippen molar-refractivity contribution >= 4 is 0 Å². The first-order chi connectivity index (χ1) is 15.1. The molecule has 172 valence electrons. The van der Waals surface area contributed by atoms with Crippen molar-refractivity contribution < 1.29 is 13.5 Å². The summed E-state index contributed by atoms with van der Waals surface area (Å²) in [6.45, 7) is 4.35. The van der Waals surface area contributed by atoms with Crippen LogP contribution in [0.15, 0.2) is 12.1 Å². The van der Waals surface area contributed by atoms with Crippen molar-refractivity contribution in [3.8, 4) is 18.1 Å². The molecule has 1 nitrogen and oxygen atoms in total. The Hall–Kier alpha value is -1.56. The zero-order chi connectivity index (χ0) is 22.2. The summed E-state index contributed by atoms with van der Waals surface area (Å²) in [5, 5.41) is 0. The number of hydrogen-bond donors (Lipinski definition) is 0. The van der Waals surface area contributed by atoms with Crippen LogP contribution < -0.4 is 4.74 Å². The quantitative estimate of drug-likeness (QED) is 0.357. The Balaban J connectivity index is 1.56. The van der Waals surface area contributed by atoms with Gasteiger partial charge in [-0.3, -0.25) is 0 Å². The molecule has 0 aromatic heterocycles. The molecule has 0 aliphatic heterocycles. The van der Waals surface area contributed by atoms with Crippen LogP contribution in [0.5, 0.6) is 5.75 Å². The van der Waals surface area contributed by atoms with Crippen molar-refractivity contribution in [3.63, 3.8) is 0 Å². The van der Waals surface area contributed by atoms with Gasteiger partial charge in [0.15, 0.2) is 17.7 Å². The molecule has 1 aromatic carbocycles. The van der Waals surface area contributed by atoms with Gasteiger partial charge in [-0.05, 0) is 86.7 Å². The molecule has 31 heavy (non-hydrogen) atoms. The smallest absolute Gasteiger partial charge is 0.200 e. The molecule has 2 saturated carbocycles. The summed E-state index contributed by atoms with van der Waals surface area (Å²) in [5.41, 5.74) is 0.515. The van der Waals surface area contributed by atoms with Crippen LogP contribution in [0.25, 0.3) is 0 Å². The maximum absolute atomic E-state index is 14.9. The Labute approximate surface area is 188 Å². The van der Waals surface area contributed by atoms with E-state index in [4.69, 9.17) is 11.2 Å². The van der Waals surface area contributed by atoms with Crippen LogP contribution in [0.3, 0.4) is 0 Å². The van der Waals surface area contributed by atoms with Crippen molar-refractivity contribution in [3.05, 3.63) is 29.3 Å². The molecule has 2 fully saturated rings. The zero-order valence-corrected chi connectivity index (χ0v) is 19.5. The van der Waals surface area contributed by atoms with Gasteiger partial charge in [-0.1, -0.05) is 57.9 Å². The molecular weight excluding hydrogens is 390 g/mol. The Morgan fingerprint density at radius 3 is 2.16 bits per heavy atom. The number of rotatable bonds is 9. The molecule has 0 saturated heterocycles. The molecule has 1 aromatic rings. The molecule has 3 rings (SSSR count). The van der Waals surface area contributed by atoms with E-state index in [1.165, 1.54) is 38.5 Å². The van der Waals surface area contributed by atoms with Crippen LogP contribution >= 0.6 is 0 Å². The molecule has 3 heteroatoms. The number of terminal acetylenes is 1. The molecule has 0 bridgehead atoms. The van der Waals surface area contributed by atoms with Crippen LogP contribution in [-0.2, 0) is 0 Å². The van der Waals surface area contributed by atoms with Gasteiger partial charge in [-0.15, -0.1) is 6.42 Å². The lowest BCUT2D eigenvalue weighted by Gasteiger charge is -2.38. The molecule has 2 aliphatic rings. The van der Waals surface area contributed by atoms with E-state index in [1.807, 2.05) is 0 Å². The average Bonchev–Trinajstić information content (AvgIpc) is 2.80. The van der Waals surface area contributed by atoms with E-state index in [0.29, 0.717) is 12.0 Å². The largest absolute Gasteiger partial charge is 0.475 e. The van der Waals surface area contributed by atoms with Gasteiger partial charge in [-0.2, -0.15) is 4.39 Å². The second-order valence-electron chi connectivity index (χ2n) is 9.88.